The van der Waals surface area contributed by atoms with Crippen molar-refractivity contribution in [2.45, 2.75) is 20.0 Å². The molecule has 0 aliphatic carbocycles. The smallest absolute Gasteiger partial charge is 0.351 e. The summed E-state index contributed by atoms with van der Waals surface area (Å²) in [5.74, 6) is -0.915. The van der Waals surface area contributed by atoms with Crippen LogP contribution < -0.4 is 5.32 Å². The highest BCUT2D eigenvalue weighted by Crippen LogP contribution is 2.16. The van der Waals surface area contributed by atoms with Crippen molar-refractivity contribution in [3.8, 4) is 0 Å². The summed E-state index contributed by atoms with van der Waals surface area (Å²) >= 11 is 4.51. The monoisotopic (exact) mass is 368 g/mol. The number of nitrogens with one attached hydrogen (secondary N) is 1. The second-order valence-corrected chi connectivity index (χ2v) is 6.08. The van der Waals surface area contributed by atoms with Gasteiger partial charge in [0.25, 0.3) is 5.91 Å². The molecule has 1 heterocycles. The zero-order chi connectivity index (χ0) is 15.4. The van der Waals surface area contributed by atoms with Gasteiger partial charge in [-0.3, -0.25) is 4.79 Å². The number of aromatic nitrogens is 1. The largest absolute Gasteiger partial charge is 0.448 e. The van der Waals surface area contributed by atoms with Gasteiger partial charge in [0.2, 0.25) is 0 Å². The lowest BCUT2D eigenvalue weighted by molar-refractivity contribution is -0.123. The number of thiazole rings is 1. The maximum Gasteiger partial charge on any atom is 0.351 e. The average molecular weight is 369 g/mol. The molecule has 0 fully saturated rings. The van der Waals surface area contributed by atoms with Crippen molar-refractivity contribution < 1.29 is 14.3 Å². The van der Waals surface area contributed by atoms with Crippen molar-refractivity contribution in [3.63, 3.8) is 0 Å². The van der Waals surface area contributed by atoms with E-state index in [0.29, 0.717) is 16.3 Å². The van der Waals surface area contributed by atoms with Crippen molar-refractivity contribution in [3.05, 3.63) is 44.8 Å². The molecule has 0 saturated heterocycles. The summed E-state index contributed by atoms with van der Waals surface area (Å²) in [5, 5.41) is 2.68. The number of halogens is 1. The Kier molecular flexibility index (Phi) is 5.08. The van der Waals surface area contributed by atoms with Crippen LogP contribution in [0.25, 0.3) is 0 Å². The van der Waals surface area contributed by atoms with Gasteiger partial charge < -0.3 is 10.1 Å². The van der Waals surface area contributed by atoms with Gasteiger partial charge in [-0.1, -0.05) is 15.9 Å². The molecule has 1 aromatic carbocycles. The molecule has 0 saturated carbocycles. The summed E-state index contributed by atoms with van der Waals surface area (Å²) in [5.41, 5.74) is 2.81. The summed E-state index contributed by atoms with van der Waals surface area (Å²) < 4.78 is 6.06. The standard InChI is InChI=1S/C14H13BrN2O3S/c1-8-12(21-7-16-8)14(19)20-9(2)13(18)17-11-5-3-10(15)4-6-11/h3-7,9H,1-2H3,(H,17,18). The molecule has 5 nitrogen and oxygen atoms in total. The molecule has 1 unspecified atom stereocenters. The number of hydrogen-bond donors (Lipinski definition) is 1. The van der Waals surface area contributed by atoms with Gasteiger partial charge in [-0.25, -0.2) is 9.78 Å². The summed E-state index contributed by atoms with van der Waals surface area (Å²) in [4.78, 5) is 28.3. The number of amides is 1. The minimum absolute atomic E-state index is 0.382. The van der Waals surface area contributed by atoms with E-state index in [2.05, 4.69) is 26.2 Å². The molecular weight excluding hydrogens is 356 g/mol. The van der Waals surface area contributed by atoms with Crippen molar-refractivity contribution in [2.24, 2.45) is 0 Å². The minimum atomic E-state index is -0.886. The molecule has 0 aliphatic rings. The van der Waals surface area contributed by atoms with Crippen LogP contribution in [-0.4, -0.2) is 23.0 Å². The second-order valence-electron chi connectivity index (χ2n) is 4.31. The molecule has 7 heteroatoms. The number of rotatable bonds is 4. The fraction of sp³-hybridized carbons (Fsp3) is 0.214. The van der Waals surface area contributed by atoms with Crippen LogP contribution in [0.4, 0.5) is 5.69 Å². The minimum Gasteiger partial charge on any atom is -0.448 e. The van der Waals surface area contributed by atoms with Gasteiger partial charge in [-0.15, -0.1) is 11.3 Å². The van der Waals surface area contributed by atoms with Crippen LogP contribution in [0, 0.1) is 6.92 Å². The summed E-state index contributed by atoms with van der Waals surface area (Å²) in [6.45, 7) is 3.25. The van der Waals surface area contributed by atoms with E-state index in [9.17, 15) is 9.59 Å². The Hall–Kier alpha value is -1.73. The molecule has 1 aromatic heterocycles. The fourth-order valence-corrected chi connectivity index (χ4v) is 2.49. The van der Waals surface area contributed by atoms with E-state index in [1.807, 2.05) is 12.1 Å². The number of aryl methyl sites for hydroxylation is 1. The van der Waals surface area contributed by atoms with E-state index < -0.39 is 12.1 Å². The number of carbonyl (C=O) groups is 2. The first-order chi connectivity index (χ1) is 9.97. The number of nitrogens with zero attached hydrogens (tertiary/aromatic N) is 1. The zero-order valence-electron chi connectivity index (χ0n) is 11.4. The highest BCUT2D eigenvalue weighted by atomic mass is 79.9. The van der Waals surface area contributed by atoms with Gasteiger partial charge in [-0.2, -0.15) is 0 Å². The maximum atomic E-state index is 12.0. The predicted molar refractivity (Wildman–Crippen MR) is 84.5 cm³/mol. The first-order valence-corrected chi connectivity index (χ1v) is 7.82. The molecular formula is C14H13BrN2O3S. The second kappa shape index (κ2) is 6.82. The molecule has 21 heavy (non-hydrogen) atoms. The van der Waals surface area contributed by atoms with Crippen LogP contribution in [-0.2, 0) is 9.53 Å². The lowest BCUT2D eigenvalue weighted by atomic mass is 10.3. The Morgan fingerprint density at radius 3 is 2.57 bits per heavy atom. The van der Waals surface area contributed by atoms with Gasteiger partial charge in [-0.05, 0) is 38.1 Å². The molecule has 1 amide bonds. The number of benzene rings is 1. The maximum absolute atomic E-state index is 12.0. The molecule has 1 atom stereocenters. The van der Waals surface area contributed by atoms with Crippen molar-refractivity contribution >= 4 is 44.8 Å². The van der Waals surface area contributed by atoms with Gasteiger partial charge >= 0.3 is 5.97 Å². The molecule has 0 spiro atoms. The van der Waals surface area contributed by atoms with Crippen molar-refractivity contribution in [2.75, 3.05) is 5.32 Å². The highest BCUT2D eigenvalue weighted by molar-refractivity contribution is 9.10. The quantitative estimate of drug-likeness (QED) is 0.839. The van der Waals surface area contributed by atoms with E-state index in [1.54, 1.807) is 24.6 Å². The Morgan fingerprint density at radius 2 is 2.00 bits per heavy atom. The van der Waals surface area contributed by atoms with Crippen LogP contribution in [0.5, 0.6) is 0 Å². The van der Waals surface area contributed by atoms with E-state index >= 15 is 0 Å². The molecule has 2 aromatic rings. The molecule has 0 bridgehead atoms. The van der Waals surface area contributed by atoms with Gasteiger partial charge in [0.05, 0.1) is 11.2 Å². The number of anilines is 1. The SMILES string of the molecule is Cc1ncsc1C(=O)OC(C)C(=O)Nc1ccc(Br)cc1. The molecule has 110 valence electrons. The Labute approximate surface area is 134 Å². The van der Waals surface area contributed by atoms with E-state index in [-0.39, 0.29) is 5.91 Å². The Bertz CT molecular complexity index is 654. The summed E-state index contributed by atoms with van der Waals surface area (Å²) in [6.07, 6.45) is -0.886. The first kappa shape index (κ1) is 15.7. The third kappa shape index (κ3) is 4.12. The lowest BCUT2D eigenvalue weighted by Crippen LogP contribution is -2.29. The van der Waals surface area contributed by atoms with Crippen molar-refractivity contribution in [1.29, 1.82) is 0 Å². The van der Waals surface area contributed by atoms with Crippen molar-refractivity contribution in [1.82, 2.24) is 4.98 Å². The highest BCUT2D eigenvalue weighted by Gasteiger charge is 2.21. The predicted octanol–water partition coefficient (Wildman–Crippen LogP) is 3.40. The van der Waals surface area contributed by atoms with Crippen LogP contribution in [0.1, 0.15) is 22.3 Å². The molecule has 0 aliphatic heterocycles. The topological polar surface area (TPSA) is 68.3 Å². The zero-order valence-corrected chi connectivity index (χ0v) is 13.8. The lowest BCUT2D eigenvalue weighted by Gasteiger charge is -2.13. The van der Waals surface area contributed by atoms with Gasteiger partial charge in [0, 0.05) is 10.2 Å². The number of ether oxygens (including phenoxy) is 1. The summed E-state index contributed by atoms with van der Waals surface area (Å²) in [6, 6.07) is 7.13. The van der Waals surface area contributed by atoms with E-state index in [1.165, 1.54) is 18.3 Å². The average Bonchev–Trinajstić information content (AvgIpc) is 2.87. The van der Waals surface area contributed by atoms with E-state index in [0.717, 1.165) is 4.47 Å². The fourth-order valence-electron chi connectivity index (χ4n) is 1.54. The number of hydrogen-bond acceptors (Lipinski definition) is 5. The summed E-state index contributed by atoms with van der Waals surface area (Å²) in [7, 11) is 0. The van der Waals surface area contributed by atoms with Crippen LogP contribution >= 0.6 is 27.3 Å². The number of esters is 1. The Morgan fingerprint density at radius 1 is 1.33 bits per heavy atom. The van der Waals surface area contributed by atoms with Crippen LogP contribution in [0.15, 0.2) is 34.2 Å². The van der Waals surface area contributed by atoms with Crippen LogP contribution in [0.3, 0.4) is 0 Å². The Balaban J connectivity index is 1.95. The molecule has 2 rings (SSSR count). The third-order valence-electron chi connectivity index (χ3n) is 2.70. The van der Waals surface area contributed by atoms with Gasteiger partial charge in [0.15, 0.2) is 6.10 Å². The normalized spacial score (nSPS) is 11.8. The molecule has 1 N–H and O–H groups in total. The van der Waals surface area contributed by atoms with Crippen LogP contribution in [0.2, 0.25) is 0 Å². The van der Waals surface area contributed by atoms with Gasteiger partial charge in [0.1, 0.15) is 4.88 Å². The third-order valence-corrected chi connectivity index (χ3v) is 4.13. The molecule has 0 radical (unpaired) electrons. The number of carbonyl (C=O) groups excluding carboxylic acids is 2. The first-order valence-electron chi connectivity index (χ1n) is 6.15. The van der Waals surface area contributed by atoms with E-state index in [4.69, 9.17) is 4.74 Å².